The summed E-state index contributed by atoms with van der Waals surface area (Å²) in [5.41, 5.74) is 5.64. The van der Waals surface area contributed by atoms with Crippen LogP contribution in [0.5, 0.6) is 0 Å². The first-order valence-corrected chi connectivity index (χ1v) is 6.40. The van der Waals surface area contributed by atoms with Crippen molar-refractivity contribution in [2.75, 3.05) is 25.0 Å². The van der Waals surface area contributed by atoms with Gasteiger partial charge in [0.15, 0.2) is 0 Å². The number of halogens is 1. The molecule has 0 aromatic heterocycles. The Kier molecular flexibility index (Phi) is 5.44. The van der Waals surface area contributed by atoms with E-state index in [1.165, 1.54) is 12.1 Å². The molecular formula is C14H22FN3O. The normalized spacial score (nSPS) is 11.7. The number of benzene rings is 1. The Bertz CT molecular complexity index is 434. The lowest BCUT2D eigenvalue weighted by Crippen LogP contribution is -2.51. The van der Waals surface area contributed by atoms with E-state index in [1.807, 2.05) is 25.7 Å². The van der Waals surface area contributed by atoms with Gasteiger partial charge in [-0.2, -0.15) is 0 Å². The van der Waals surface area contributed by atoms with Crippen LogP contribution in [0.25, 0.3) is 0 Å². The molecule has 0 bridgehead atoms. The minimum atomic E-state index is -0.433. The van der Waals surface area contributed by atoms with Crippen LogP contribution in [0, 0.1) is 5.82 Å². The molecule has 1 amide bonds. The van der Waals surface area contributed by atoms with Crippen LogP contribution < -0.4 is 11.1 Å². The number of carbonyl (C=O) groups excluding carboxylic acids is 1. The highest BCUT2D eigenvalue weighted by atomic mass is 19.1. The van der Waals surface area contributed by atoms with Gasteiger partial charge in [-0.3, -0.25) is 9.69 Å². The van der Waals surface area contributed by atoms with E-state index in [9.17, 15) is 9.18 Å². The number of rotatable bonds is 6. The minimum Gasteiger partial charge on any atom is -0.329 e. The first-order valence-electron chi connectivity index (χ1n) is 6.40. The standard InChI is InChI=1S/C14H22FN3O/c1-4-18(14(2,3)10-16)9-13(19)17-12-8-6-5-7-11(12)15/h5-8H,4,9-10,16H2,1-3H3,(H,17,19). The summed E-state index contributed by atoms with van der Waals surface area (Å²) in [4.78, 5) is 13.9. The Morgan fingerprint density at radius 3 is 2.58 bits per heavy atom. The molecule has 3 N–H and O–H groups in total. The highest BCUT2D eigenvalue weighted by molar-refractivity contribution is 5.92. The maximum atomic E-state index is 13.4. The second-order valence-corrected chi connectivity index (χ2v) is 5.06. The molecule has 0 aliphatic rings. The van der Waals surface area contributed by atoms with Gasteiger partial charge in [0.1, 0.15) is 5.82 Å². The van der Waals surface area contributed by atoms with Crippen molar-refractivity contribution in [3.8, 4) is 0 Å². The highest BCUT2D eigenvalue weighted by Crippen LogP contribution is 2.14. The molecule has 0 fully saturated rings. The van der Waals surface area contributed by atoms with E-state index in [0.29, 0.717) is 13.1 Å². The van der Waals surface area contributed by atoms with E-state index >= 15 is 0 Å². The van der Waals surface area contributed by atoms with Gasteiger partial charge in [0.25, 0.3) is 0 Å². The Hall–Kier alpha value is -1.46. The molecule has 0 aliphatic heterocycles. The lowest BCUT2D eigenvalue weighted by atomic mass is 10.0. The second kappa shape index (κ2) is 6.63. The molecule has 4 nitrogen and oxygen atoms in total. The van der Waals surface area contributed by atoms with Gasteiger partial charge in [0.2, 0.25) is 5.91 Å². The quantitative estimate of drug-likeness (QED) is 0.826. The molecular weight excluding hydrogens is 245 g/mol. The third-order valence-corrected chi connectivity index (χ3v) is 3.22. The fourth-order valence-electron chi connectivity index (χ4n) is 1.81. The first kappa shape index (κ1) is 15.6. The van der Waals surface area contributed by atoms with Crippen LogP contribution in [-0.4, -0.2) is 36.0 Å². The van der Waals surface area contributed by atoms with Gasteiger partial charge in [0.05, 0.1) is 12.2 Å². The molecule has 1 aromatic carbocycles. The predicted molar refractivity (Wildman–Crippen MR) is 75.4 cm³/mol. The van der Waals surface area contributed by atoms with Crippen molar-refractivity contribution < 1.29 is 9.18 Å². The lowest BCUT2D eigenvalue weighted by molar-refractivity contribution is -0.118. The summed E-state index contributed by atoms with van der Waals surface area (Å²) in [7, 11) is 0. The number of amides is 1. The molecule has 1 aromatic rings. The van der Waals surface area contributed by atoms with Crippen LogP contribution in [0.1, 0.15) is 20.8 Å². The number of nitrogens with two attached hydrogens (primary N) is 1. The van der Waals surface area contributed by atoms with Gasteiger partial charge in [-0.05, 0) is 32.5 Å². The third kappa shape index (κ3) is 4.29. The molecule has 0 saturated heterocycles. The molecule has 0 unspecified atom stereocenters. The van der Waals surface area contributed by atoms with Crippen molar-refractivity contribution in [1.82, 2.24) is 4.90 Å². The van der Waals surface area contributed by atoms with Gasteiger partial charge in [-0.1, -0.05) is 19.1 Å². The number of carbonyl (C=O) groups is 1. The first-order chi connectivity index (χ1) is 8.90. The molecule has 0 radical (unpaired) electrons. The summed E-state index contributed by atoms with van der Waals surface area (Å²) in [5.74, 6) is -0.676. The number of hydrogen-bond acceptors (Lipinski definition) is 3. The molecule has 0 saturated carbocycles. The zero-order valence-corrected chi connectivity index (χ0v) is 11.7. The van der Waals surface area contributed by atoms with Crippen LogP contribution in [0.2, 0.25) is 0 Å². The van der Waals surface area contributed by atoms with Gasteiger partial charge in [-0.15, -0.1) is 0 Å². The van der Waals surface area contributed by atoms with Crippen LogP contribution in [0.15, 0.2) is 24.3 Å². The smallest absolute Gasteiger partial charge is 0.238 e. The number of nitrogens with one attached hydrogen (secondary N) is 1. The Morgan fingerprint density at radius 1 is 1.42 bits per heavy atom. The fourth-order valence-corrected chi connectivity index (χ4v) is 1.81. The van der Waals surface area contributed by atoms with Crippen LogP contribution in [0.4, 0.5) is 10.1 Å². The summed E-state index contributed by atoms with van der Waals surface area (Å²) >= 11 is 0. The van der Waals surface area contributed by atoms with Crippen molar-refractivity contribution in [1.29, 1.82) is 0 Å². The Morgan fingerprint density at radius 2 is 2.05 bits per heavy atom. The fraction of sp³-hybridized carbons (Fsp3) is 0.500. The lowest BCUT2D eigenvalue weighted by Gasteiger charge is -2.36. The maximum absolute atomic E-state index is 13.4. The maximum Gasteiger partial charge on any atom is 0.238 e. The van der Waals surface area contributed by atoms with Crippen LogP contribution in [0.3, 0.4) is 0 Å². The molecule has 19 heavy (non-hydrogen) atoms. The summed E-state index contributed by atoms with van der Waals surface area (Å²) < 4.78 is 13.4. The van der Waals surface area contributed by atoms with E-state index in [2.05, 4.69) is 5.32 Å². The van der Waals surface area contributed by atoms with Crippen molar-refractivity contribution >= 4 is 11.6 Å². The van der Waals surface area contributed by atoms with Crippen molar-refractivity contribution in [2.24, 2.45) is 5.73 Å². The zero-order valence-electron chi connectivity index (χ0n) is 11.7. The number of nitrogens with zero attached hydrogens (tertiary/aromatic N) is 1. The largest absolute Gasteiger partial charge is 0.329 e. The molecule has 0 aliphatic carbocycles. The average molecular weight is 267 g/mol. The topological polar surface area (TPSA) is 58.4 Å². The number of anilines is 1. The summed E-state index contributed by atoms with van der Waals surface area (Å²) in [6.07, 6.45) is 0. The van der Waals surface area contributed by atoms with Crippen molar-refractivity contribution in [3.05, 3.63) is 30.1 Å². The Labute approximate surface area is 113 Å². The van der Waals surface area contributed by atoms with Gasteiger partial charge in [-0.25, -0.2) is 4.39 Å². The predicted octanol–water partition coefficient (Wildman–Crippen LogP) is 1.82. The van der Waals surface area contributed by atoms with Crippen LogP contribution in [-0.2, 0) is 4.79 Å². The van der Waals surface area contributed by atoms with Gasteiger partial charge >= 0.3 is 0 Å². The minimum absolute atomic E-state index is 0.190. The summed E-state index contributed by atoms with van der Waals surface area (Å²) in [6.45, 7) is 7.27. The number of para-hydroxylation sites is 1. The third-order valence-electron chi connectivity index (χ3n) is 3.22. The van der Waals surface area contributed by atoms with E-state index in [1.54, 1.807) is 12.1 Å². The summed E-state index contributed by atoms with van der Waals surface area (Å²) in [5, 5.41) is 2.57. The molecule has 1 rings (SSSR count). The average Bonchev–Trinajstić information content (AvgIpc) is 2.38. The van der Waals surface area contributed by atoms with Gasteiger partial charge < -0.3 is 11.1 Å². The van der Waals surface area contributed by atoms with E-state index in [-0.39, 0.29) is 23.7 Å². The second-order valence-electron chi connectivity index (χ2n) is 5.06. The van der Waals surface area contributed by atoms with Crippen molar-refractivity contribution in [2.45, 2.75) is 26.3 Å². The number of hydrogen-bond donors (Lipinski definition) is 2. The van der Waals surface area contributed by atoms with Crippen molar-refractivity contribution in [3.63, 3.8) is 0 Å². The molecule has 0 spiro atoms. The summed E-state index contributed by atoms with van der Waals surface area (Å²) in [6, 6.07) is 6.12. The SMILES string of the molecule is CCN(CC(=O)Nc1ccccc1F)C(C)(C)CN. The monoisotopic (exact) mass is 267 g/mol. The molecule has 0 atom stereocenters. The van der Waals surface area contributed by atoms with Gasteiger partial charge in [0, 0.05) is 12.1 Å². The zero-order chi connectivity index (χ0) is 14.5. The van der Waals surface area contributed by atoms with E-state index in [0.717, 1.165) is 0 Å². The molecule has 5 heteroatoms. The Balaban J connectivity index is 2.67. The van der Waals surface area contributed by atoms with E-state index < -0.39 is 5.82 Å². The molecule has 106 valence electrons. The number of likely N-dealkylation sites (N-methyl/N-ethyl adjacent to an activating group) is 1. The highest BCUT2D eigenvalue weighted by Gasteiger charge is 2.25. The molecule has 0 heterocycles. The van der Waals surface area contributed by atoms with E-state index in [4.69, 9.17) is 5.73 Å². The van der Waals surface area contributed by atoms with Crippen LogP contribution >= 0.6 is 0 Å².